The van der Waals surface area contributed by atoms with Crippen LogP contribution >= 0.6 is 24.0 Å². The number of likely N-dealkylation sites (tertiary alicyclic amines) is 1. The molecule has 1 fully saturated rings. The van der Waals surface area contributed by atoms with E-state index in [1.54, 1.807) is 0 Å². The van der Waals surface area contributed by atoms with Gasteiger partial charge >= 0.3 is 0 Å². The minimum absolute atomic E-state index is 0. The first kappa shape index (κ1) is 16.8. The van der Waals surface area contributed by atoms with Gasteiger partial charge in [0.25, 0.3) is 0 Å². The van der Waals surface area contributed by atoms with Crippen molar-refractivity contribution in [3.05, 3.63) is 34.9 Å². The van der Waals surface area contributed by atoms with Gasteiger partial charge in [-0.05, 0) is 70.1 Å². The molecule has 0 aliphatic carbocycles. The summed E-state index contributed by atoms with van der Waals surface area (Å²) < 4.78 is 0. The fraction of sp³-hybridized carbons (Fsp3) is 0.600. The Morgan fingerprint density at radius 3 is 2.63 bits per heavy atom. The van der Waals surface area contributed by atoms with Gasteiger partial charge in [-0.15, -0.1) is 12.4 Å². The quantitative estimate of drug-likeness (QED) is 0.911. The second kappa shape index (κ2) is 8.11. The summed E-state index contributed by atoms with van der Waals surface area (Å²) in [5, 5.41) is 4.12. The van der Waals surface area contributed by atoms with Crippen molar-refractivity contribution in [3.8, 4) is 0 Å². The SMILES string of the molecule is CNCC1CCN(C(C)c2cccc(Cl)c2)CC1.Cl. The molecule has 2 nitrogen and oxygen atoms in total. The van der Waals surface area contributed by atoms with Gasteiger partial charge < -0.3 is 5.32 Å². The molecule has 1 N–H and O–H groups in total. The van der Waals surface area contributed by atoms with E-state index in [0.717, 1.165) is 17.5 Å². The molecule has 19 heavy (non-hydrogen) atoms. The molecule has 0 spiro atoms. The van der Waals surface area contributed by atoms with Crippen molar-refractivity contribution in [1.82, 2.24) is 10.2 Å². The fourth-order valence-electron chi connectivity index (χ4n) is 2.81. The molecule has 1 heterocycles. The second-order valence-electron chi connectivity index (χ2n) is 5.27. The zero-order valence-corrected chi connectivity index (χ0v) is 13.3. The van der Waals surface area contributed by atoms with Crippen molar-refractivity contribution in [2.24, 2.45) is 5.92 Å². The van der Waals surface area contributed by atoms with Gasteiger partial charge in [-0.2, -0.15) is 0 Å². The number of benzene rings is 1. The molecule has 4 heteroatoms. The Morgan fingerprint density at radius 1 is 1.37 bits per heavy atom. The average molecular weight is 303 g/mol. The molecule has 1 aliphatic heterocycles. The first-order valence-electron chi connectivity index (χ1n) is 6.85. The Hall–Kier alpha value is -0.280. The molecule has 108 valence electrons. The van der Waals surface area contributed by atoms with Crippen molar-refractivity contribution >= 4 is 24.0 Å². The van der Waals surface area contributed by atoms with E-state index < -0.39 is 0 Å². The molecule has 0 radical (unpaired) electrons. The van der Waals surface area contributed by atoms with Crippen LogP contribution in [0.15, 0.2) is 24.3 Å². The summed E-state index contributed by atoms with van der Waals surface area (Å²) in [5.41, 5.74) is 1.33. The fourth-order valence-corrected chi connectivity index (χ4v) is 3.01. The van der Waals surface area contributed by atoms with Crippen LogP contribution in [0.1, 0.15) is 31.4 Å². The van der Waals surface area contributed by atoms with Gasteiger partial charge in [0.05, 0.1) is 0 Å². The van der Waals surface area contributed by atoms with Gasteiger partial charge in [0.2, 0.25) is 0 Å². The predicted octanol–water partition coefficient (Wildman–Crippen LogP) is 3.75. The molecule has 2 rings (SSSR count). The lowest BCUT2D eigenvalue weighted by molar-refractivity contribution is 0.141. The molecule has 0 bridgehead atoms. The highest BCUT2D eigenvalue weighted by molar-refractivity contribution is 6.30. The van der Waals surface area contributed by atoms with Gasteiger partial charge in [-0.1, -0.05) is 23.7 Å². The van der Waals surface area contributed by atoms with Crippen LogP contribution in [-0.4, -0.2) is 31.6 Å². The number of nitrogens with one attached hydrogen (secondary N) is 1. The summed E-state index contributed by atoms with van der Waals surface area (Å²) in [6, 6.07) is 8.72. The van der Waals surface area contributed by atoms with Crippen LogP contribution in [0, 0.1) is 5.92 Å². The number of hydrogen-bond donors (Lipinski definition) is 1. The van der Waals surface area contributed by atoms with Gasteiger partial charge in [0.15, 0.2) is 0 Å². The first-order chi connectivity index (χ1) is 8.70. The standard InChI is InChI=1S/C15H23ClN2.ClH/c1-12(14-4-3-5-15(16)10-14)18-8-6-13(7-9-18)11-17-2;/h3-5,10,12-13,17H,6-9,11H2,1-2H3;1H. The third-order valence-electron chi connectivity index (χ3n) is 4.02. The van der Waals surface area contributed by atoms with Gasteiger partial charge in [0.1, 0.15) is 0 Å². The van der Waals surface area contributed by atoms with Crippen molar-refractivity contribution < 1.29 is 0 Å². The molecule has 1 aromatic rings. The highest BCUT2D eigenvalue weighted by Crippen LogP contribution is 2.27. The van der Waals surface area contributed by atoms with E-state index in [9.17, 15) is 0 Å². The van der Waals surface area contributed by atoms with Crippen LogP contribution in [0.4, 0.5) is 0 Å². The van der Waals surface area contributed by atoms with Crippen molar-refractivity contribution in [2.45, 2.75) is 25.8 Å². The number of halogens is 2. The van der Waals surface area contributed by atoms with Gasteiger partial charge in [0, 0.05) is 11.1 Å². The molecular weight excluding hydrogens is 279 g/mol. The molecular formula is C15H24Cl2N2. The van der Waals surface area contributed by atoms with E-state index in [-0.39, 0.29) is 12.4 Å². The lowest BCUT2D eigenvalue weighted by Gasteiger charge is -2.36. The van der Waals surface area contributed by atoms with Gasteiger partial charge in [-0.3, -0.25) is 4.90 Å². The average Bonchev–Trinajstić information content (AvgIpc) is 2.39. The molecule has 0 saturated carbocycles. The Kier molecular flexibility index (Phi) is 7.16. The summed E-state index contributed by atoms with van der Waals surface area (Å²) in [6.45, 7) is 5.82. The molecule has 0 aromatic heterocycles. The molecule has 1 atom stereocenters. The van der Waals surface area contributed by atoms with Crippen molar-refractivity contribution in [2.75, 3.05) is 26.7 Å². The zero-order valence-electron chi connectivity index (χ0n) is 11.7. The number of piperidine rings is 1. The lowest BCUT2D eigenvalue weighted by atomic mass is 9.94. The van der Waals surface area contributed by atoms with Crippen molar-refractivity contribution in [3.63, 3.8) is 0 Å². The van der Waals surface area contributed by atoms with E-state index in [0.29, 0.717) is 6.04 Å². The third kappa shape index (κ3) is 4.64. The minimum atomic E-state index is 0. The topological polar surface area (TPSA) is 15.3 Å². The molecule has 1 saturated heterocycles. The molecule has 1 aliphatic rings. The maximum Gasteiger partial charge on any atom is 0.0409 e. The Bertz CT molecular complexity index is 376. The second-order valence-corrected chi connectivity index (χ2v) is 5.70. The highest BCUT2D eigenvalue weighted by atomic mass is 35.5. The van der Waals surface area contributed by atoms with Crippen molar-refractivity contribution in [1.29, 1.82) is 0 Å². The first-order valence-corrected chi connectivity index (χ1v) is 7.22. The maximum atomic E-state index is 6.07. The summed E-state index contributed by atoms with van der Waals surface area (Å²) in [6.07, 6.45) is 2.59. The summed E-state index contributed by atoms with van der Waals surface area (Å²) >= 11 is 6.07. The predicted molar refractivity (Wildman–Crippen MR) is 85.3 cm³/mol. The number of rotatable bonds is 4. The number of nitrogens with zero attached hydrogens (tertiary/aromatic N) is 1. The Labute approximate surface area is 127 Å². The van der Waals surface area contributed by atoms with Crippen LogP contribution in [0.25, 0.3) is 0 Å². The smallest absolute Gasteiger partial charge is 0.0409 e. The number of hydrogen-bond acceptors (Lipinski definition) is 2. The van der Waals surface area contributed by atoms with E-state index in [4.69, 9.17) is 11.6 Å². The Morgan fingerprint density at radius 2 is 2.05 bits per heavy atom. The summed E-state index contributed by atoms with van der Waals surface area (Å²) in [7, 11) is 2.04. The third-order valence-corrected chi connectivity index (χ3v) is 4.26. The molecule has 1 unspecified atom stereocenters. The normalized spacial score (nSPS) is 18.9. The maximum absolute atomic E-state index is 6.07. The lowest BCUT2D eigenvalue weighted by Crippen LogP contribution is -2.38. The van der Waals surface area contributed by atoms with Crippen LogP contribution in [0.2, 0.25) is 5.02 Å². The van der Waals surface area contributed by atoms with E-state index >= 15 is 0 Å². The van der Waals surface area contributed by atoms with Crippen LogP contribution in [0.5, 0.6) is 0 Å². The largest absolute Gasteiger partial charge is 0.319 e. The minimum Gasteiger partial charge on any atom is -0.319 e. The summed E-state index contributed by atoms with van der Waals surface area (Å²) in [5.74, 6) is 0.845. The Balaban J connectivity index is 0.00000180. The van der Waals surface area contributed by atoms with Crippen LogP contribution < -0.4 is 5.32 Å². The monoisotopic (exact) mass is 302 g/mol. The van der Waals surface area contributed by atoms with Gasteiger partial charge in [-0.25, -0.2) is 0 Å². The molecule has 0 amide bonds. The zero-order chi connectivity index (χ0) is 13.0. The van der Waals surface area contributed by atoms with Crippen LogP contribution in [0.3, 0.4) is 0 Å². The highest BCUT2D eigenvalue weighted by Gasteiger charge is 2.23. The van der Waals surface area contributed by atoms with E-state index in [1.165, 1.54) is 31.5 Å². The van der Waals surface area contributed by atoms with Crippen LogP contribution in [-0.2, 0) is 0 Å². The molecule has 1 aromatic carbocycles. The van der Waals surface area contributed by atoms with E-state index in [1.807, 2.05) is 19.2 Å². The summed E-state index contributed by atoms with van der Waals surface area (Å²) in [4.78, 5) is 2.57. The van der Waals surface area contributed by atoms with E-state index in [2.05, 4.69) is 29.3 Å².